The molecule has 5 nitrogen and oxygen atoms in total. The second kappa shape index (κ2) is 7.70. The lowest BCUT2D eigenvalue weighted by Crippen LogP contribution is -2.44. The number of hydrogen-bond donors (Lipinski definition) is 2. The van der Waals surface area contributed by atoms with Gasteiger partial charge in [-0.05, 0) is 52.8 Å². The second-order valence-corrected chi connectivity index (χ2v) is 6.48. The average molecular weight is 329 g/mol. The van der Waals surface area contributed by atoms with Crippen LogP contribution in [-0.4, -0.2) is 40.8 Å². The highest BCUT2D eigenvalue weighted by Crippen LogP contribution is 2.28. The van der Waals surface area contributed by atoms with Gasteiger partial charge in [-0.15, -0.1) is 0 Å². The predicted octanol–water partition coefficient (Wildman–Crippen LogP) is 3.75. The molecule has 0 aromatic heterocycles. The highest BCUT2D eigenvalue weighted by Gasteiger charge is 2.21. The van der Waals surface area contributed by atoms with Crippen LogP contribution in [0.5, 0.6) is 5.75 Å². The summed E-state index contributed by atoms with van der Waals surface area (Å²) in [5.74, 6) is 0.582. The van der Waals surface area contributed by atoms with E-state index in [1.54, 1.807) is 32.0 Å². The Hall–Kier alpha value is -1.46. The van der Waals surface area contributed by atoms with Crippen LogP contribution < -0.4 is 10.1 Å². The molecular weight excluding hydrogens is 304 g/mol. The first-order valence-electron chi connectivity index (χ1n) is 7.37. The van der Waals surface area contributed by atoms with Crippen molar-refractivity contribution in [1.29, 1.82) is 0 Å². The molecule has 124 valence electrons. The molecule has 1 rings (SSSR count). The molecule has 1 aromatic rings. The third kappa shape index (κ3) is 6.12. The van der Waals surface area contributed by atoms with Crippen molar-refractivity contribution in [2.45, 2.75) is 46.3 Å². The lowest BCUT2D eigenvalue weighted by molar-refractivity contribution is 0.0501. The Morgan fingerprint density at radius 3 is 2.55 bits per heavy atom. The highest BCUT2D eigenvalue weighted by molar-refractivity contribution is 6.32. The molecule has 22 heavy (non-hydrogen) atoms. The van der Waals surface area contributed by atoms with Gasteiger partial charge in [-0.2, -0.15) is 0 Å². The molecule has 2 amide bonds. The topological polar surface area (TPSA) is 61.8 Å². The van der Waals surface area contributed by atoms with Crippen LogP contribution in [0, 0.1) is 0 Å². The molecule has 0 aliphatic heterocycles. The Balaban J connectivity index is 2.77. The van der Waals surface area contributed by atoms with Crippen molar-refractivity contribution in [3.05, 3.63) is 23.2 Å². The fourth-order valence-corrected chi connectivity index (χ4v) is 2.15. The van der Waals surface area contributed by atoms with Gasteiger partial charge in [0.15, 0.2) is 0 Å². The summed E-state index contributed by atoms with van der Waals surface area (Å²) < 4.78 is 5.55. The number of ether oxygens (including phenoxy) is 1. The fraction of sp³-hybridized carbons (Fsp3) is 0.562. The van der Waals surface area contributed by atoms with E-state index in [9.17, 15) is 9.90 Å². The van der Waals surface area contributed by atoms with Gasteiger partial charge in [0.2, 0.25) is 0 Å². The van der Waals surface area contributed by atoms with Gasteiger partial charge in [-0.3, -0.25) is 0 Å². The van der Waals surface area contributed by atoms with Crippen LogP contribution in [0.3, 0.4) is 0 Å². The molecule has 0 fully saturated rings. The van der Waals surface area contributed by atoms with Gasteiger partial charge in [-0.25, -0.2) is 4.79 Å². The molecule has 0 atom stereocenters. The lowest BCUT2D eigenvalue weighted by Gasteiger charge is -2.28. The standard InChI is InChI=1S/C16H25ClN2O3/c1-6-19(10-16(4,5)21)15(20)18-12-7-8-14(13(17)9-12)22-11(2)3/h7-9,11,21H,6,10H2,1-5H3,(H,18,20). The van der Waals surface area contributed by atoms with E-state index in [4.69, 9.17) is 16.3 Å². The molecule has 0 saturated heterocycles. The predicted molar refractivity (Wildman–Crippen MR) is 89.8 cm³/mol. The normalized spacial score (nSPS) is 11.5. The molecule has 0 heterocycles. The highest BCUT2D eigenvalue weighted by atomic mass is 35.5. The van der Waals surface area contributed by atoms with E-state index < -0.39 is 5.60 Å². The van der Waals surface area contributed by atoms with Gasteiger partial charge in [0.1, 0.15) is 5.75 Å². The summed E-state index contributed by atoms with van der Waals surface area (Å²) >= 11 is 6.15. The Labute approximate surface area is 137 Å². The molecular formula is C16H25ClN2O3. The molecule has 0 unspecified atom stereocenters. The molecule has 6 heteroatoms. The zero-order valence-electron chi connectivity index (χ0n) is 13.8. The minimum Gasteiger partial charge on any atom is -0.489 e. The Morgan fingerprint density at radius 1 is 1.45 bits per heavy atom. The number of aliphatic hydroxyl groups is 1. The minimum atomic E-state index is -0.944. The van der Waals surface area contributed by atoms with Crippen LogP contribution in [0.1, 0.15) is 34.6 Å². The summed E-state index contributed by atoms with van der Waals surface area (Å²) in [5, 5.41) is 13.1. The van der Waals surface area contributed by atoms with E-state index in [-0.39, 0.29) is 18.7 Å². The van der Waals surface area contributed by atoms with Crippen LogP contribution in [0.15, 0.2) is 18.2 Å². The maximum atomic E-state index is 12.2. The molecule has 1 aromatic carbocycles. The number of urea groups is 1. The van der Waals surface area contributed by atoms with Gasteiger partial charge in [0.25, 0.3) is 0 Å². The number of hydrogen-bond acceptors (Lipinski definition) is 3. The molecule has 0 radical (unpaired) electrons. The smallest absolute Gasteiger partial charge is 0.321 e. The summed E-state index contributed by atoms with van der Waals surface area (Å²) in [4.78, 5) is 13.8. The number of halogens is 1. The van der Waals surface area contributed by atoms with Crippen molar-refractivity contribution in [3.8, 4) is 5.75 Å². The Kier molecular flexibility index (Phi) is 6.50. The number of nitrogens with one attached hydrogen (secondary N) is 1. The summed E-state index contributed by atoms with van der Waals surface area (Å²) in [6.45, 7) is 9.77. The first-order valence-corrected chi connectivity index (χ1v) is 7.74. The largest absolute Gasteiger partial charge is 0.489 e. The van der Waals surface area contributed by atoms with E-state index in [1.807, 2.05) is 20.8 Å². The molecule has 0 spiro atoms. The van der Waals surface area contributed by atoms with E-state index in [0.717, 1.165) is 0 Å². The first-order chi connectivity index (χ1) is 10.1. The van der Waals surface area contributed by atoms with Gasteiger partial charge in [0.05, 0.1) is 23.3 Å². The van der Waals surface area contributed by atoms with Crippen molar-refractivity contribution >= 4 is 23.3 Å². The third-order valence-electron chi connectivity index (χ3n) is 2.79. The molecule has 2 N–H and O–H groups in total. The third-order valence-corrected chi connectivity index (χ3v) is 3.09. The number of likely N-dealkylation sites (N-methyl/N-ethyl adjacent to an activating group) is 1. The molecule has 0 aliphatic carbocycles. The van der Waals surface area contributed by atoms with E-state index in [0.29, 0.717) is 23.0 Å². The van der Waals surface area contributed by atoms with Gasteiger partial charge < -0.3 is 20.1 Å². The van der Waals surface area contributed by atoms with Crippen molar-refractivity contribution in [2.75, 3.05) is 18.4 Å². The summed E-state index contributed by atoms with van der Waals surface area (Å²) in [7, 11) is 0. The molecule has 0 bridgehead atoms. The van der Waals surface area contributed by atoms with E-state index >= 15 is 0 Å². The zero-order chi connectivity index (χ0) is 16.9. The summed E-state index contributed by atoms with van der Waals surface area (Å²) in [6.07, 6.45) is 0.0281. The SMILES string of the molecule is CCN(CC(C)(C)O)C(=O)Nc1ccc(OC(C)C)c(Cl)c1. The minimum absolute atomic E-state index is 0.0281. The monoisotopic (exact) mass is 328 g/mol. The maximum absolute atomic E-state index is 12.2. The number of nitrogens with zero attached hydrogens (tertiary/aromatic N) is 1. The molecule has 0 aliphatic rings. The van der Waals surface area contributed by atoms with Crippen LogP contribution in [0.2, 0.25) is 5.02 Å². The van der Waals surface area contributed by atoms with Crippen LogP contribution in [0.4, 0.5) is 10.5 Å². The number of rotatable bonds is 6. The number of benzene rings is 1. The van der Waals surface area contributed by atoms with Gasteiger partial charge >= 0.3 is 6.03 Å². The second-order valence-electron chi connectivity index (χ2n) is 6.07. The Morgan fingerprint density at radius 2 is 2.09 bits per heavy atom. The fourth-order valence-electron chi connectivity index (χ4n) is 1.92. The quantitative estimate of drug-likeness (QED) is 0.836. The lowest BCUT2D eigenvalue weighted by atomic mass is 10.1. The van der Waals surface area contributed by atoms with Crippen LogP contribution in [-0.2, 0) is 0 Å². The first kappa shape index (κ1) is 18.6. The number of anilines is 1. The number of carbonyl (C=O) groups is 1. The summed E-state index contributed by atoms with van der Waals surface area (Å²) in [6, 6.07) is 4.83. The maximum Gasteiger partial charge on any atom is 0.321 e. The average Bonchev–Trinajstić information content (AvgIpc) is 2.37. The van der Waals surface area contributed by atoms with Crippen molar-refractivity contribution in [2.24, 2.45) is 0 Å². The number of carbonyl (C=O) groups excluding carboxylic acids is 1. The van der Waals surface area contributed by atoms with Crippen LogP contribution >= 0.6 is 11.6 Å². The van der Waals surface area contributed by atoms with Gasteiger partial charge in [0, 0.05) is 12.2 Å². The van der Waals surface area contributed by atoms with Crippen molar-refractivity contribution < 1.29 is 14.6 Å². The molecule has 0 saturated carbocycles. The summed E-state index contributed by atoms with van der Waals surface area (Å²) in [5.41, 5.74) is -0.361. The Bertz CT molecular complexity index is 513. The van der Waals surface area contributed by atoms with E-state index in [2.05, 4.69) is 5.32 Å². The zero-order valence-corrected chi connectivity index (χ0v) is 14.6. The van der Waals surface area contributed by atoms with Crippen molar-refractivity contribution in [1.82, 2.24) is 4.90 Å². The van der Waals surface area contributed by atoms with Crippen molar-refractivity contribution in [3.63, 3.8) is 0 Å². The van der Waals surface area contributed by atoms with Gasteiger partial charge in [-0.1, -0.05) is 11.6 Å². The van der Waals surface area contributed by atoms with E-state index in [1.165, 1.54) is 4.90 Å². The number of amides is 2. The van der Waals surface area contributed by atoms with Crippen LogP contribution in [0.25, 0.3) is 0 Å².